The Morgan fingerprint density at radius 1 is 1.09 bits per heavy atom. The van der Waals surface area contributed by atoms with Gasteiger partial charge in [-0.15, -0.1) is 0 Å². The fourth-order valence-corrected chi connectivity index (χ4v) is 3.25. The van der Waals surface area contributed by atoms with Gasteiger partial charge >= 0.3 is 0 Å². The van der Waals surface area contributed by atoms with E-state index in [1.165, 1.54) is 17.2 Å². The molecule has 1 aromatic heterocycles. The lowest BCUT2D eigenvalue weighted by Crippen LogP contribution is -2.45. The number of ether oxygens (including phenoxy) is 3. The van der Waals surface area contributed by atoms with Crippen molar-refractivity contribution in [1.82, 2.24) is 5.32 Å². The first kappa shape index (κ1) is 21.9. The Morgan fingerprint density at radius 2 is 1.88 bits per heavy atom. The Morgan fingerprint density at radius 3 is 2.61 bits per heavy atom. The van der Waals surface area contributed by atoms with Gasteiger partial charge in [0.15, 0.2) is 19.0 Å². The highest BCUT2D eigenvalue weighted by Crippen LogP contribution is 2.33. The molecule has 1 N–H and O–H groups in total. The van der Waals surface area contributed by atoms with Crippen LogP contribution in [0.25, 0.3) is 0 Å². The normalized spacial score (nSPS) is 12.5. The number of nitrogens with zero attached hydrogens (tertiary/aromatic N) is 1. The molecule has 0 unspecified atom stereocenters. The number of carbonyl (C=O) groups is 3. The second kappa shape index (κ2) is 9.90. The lowest BCUT2D eigenvalue weighted by molar-refractivity contribution is -0.125. The summed E-state index contributed by atoms with van der Waals surface area (Å²) in [6.45, 7) is -0.385. The molecule has 9 heteroatoms. The van der Waals surface area contributed by atoms with Crippen molar-refractivity contribution in [2.75, 3.05) is 31.8 Å². The number of ketones is 1. The number of amides is 2. The number of carbonyl (C=O) groups excluding carboxylic acids is 3. The largest absolute Gasteiger partial charge is 0.497 e. The fourth-order valence-electron chi connectivity index (χ4n) is 3.25. The van der Waals surface area contributed by atoms with E-state index in [1.54, 1.807) is 55.6 Å². The zero-order valence-corrected chi connectivity index (χ0v) is 17.9. The molecule has 3 aromatic rings. The van der Waals surface area contributed by atoms with Crippen molar-refractivity contribution < 1.29 is 33.0 Å². The number of furan rings is 1. The van der Waals surface area contributed by atoms with E-state index in [4.69, 9.17) is 18.6 Å². The summed E-state index contributed by atoms with van der Waals surface area (Å²) in [7, 11) is 1.57. The number of methoxy groups -OCH3 is 1. The van der Waals surface area contributed by atoms with Crippen LogP contribution in [0, 0.1) is 0 Å². The van der Waals surface area contributed by atoms with Gasteiger partial charge in [0.1, 0.15) is 29.6 Å². The van der Waals surface area contributed by atoms with E-state index >= 15 is 0 Å². The summed E-state index contributed by atoms with van der Waals surface area (Å²) in [5.41, 5.74) is 0.691. The predicted molar refractivity (Wildman–Crippen MR) is 118 cm³/mol. The molecule has 0 atom stereocenters. The summed E-state index contributed by atoms with van der Waals surface area (Å²) in [5.74, 6) is 1.19. The second-order valence-electron chi connectivity index (χ2n) is 7.19. The van der Waals surface area contributed by atoms with Crippen LogP contribution in [0.3, 0.4) is 0 Å². The maximum absolute atomic E-state index is 12.7. The number of benzene rings is 2. The minimum Gasteiger partial charge on any atom is -0.497 e. The van der Waals surface area contributed by atoms with Gasteiger partial charge in [-0.05, 0) is 54.6 Å². The van der Waals surface area contributed by atoms with Crippen LogP contribution in [0.5, 0.6) is 17.2 Å². The molecule has 0 fully saturated rings. The molecular weight excluding hydrogens is 428 g/mol. The van der Waals surface area contributed by atoms with Gasteiger partial charge in [-0.25, -0.2) is 0 Å². The van der Waals surface area contributed by atoms with Gasteiger partial charge in [-0.3, -0.25) is 19.3 Å². The number of anilines is 1. The molecule has 0 aliphatic carbocycles. The van der Waals surface area contributed by atoms with Gasteiger partial charge in [0, 0.05) is 5.56 Å². The predicted octanol–water partition coefficient (Wildman–Crippen LogP) is 2.59. The zero-order valence-electron chi connectivity index (χ0n) is 17.9. The molecule has 2 aromatic carbocycles. The molecule has 33 heavy (non-hydrogen) atoms. The van der Waals surface area contributed by atoms with Gasteiger partial charge in [0.05, 0.1) is 25.6 Å². The molecule has 170 valence electrons. The number of hydrogen-bond acceptors (Lipinski definition) is 7. The van der Waals surface area contributed by atoms with Gasteiger partial charge in [-0.2, -0.15) is 0 Å². The Bertz CT molecular complexity index is 1140. The smallest absolute Gasteiger partial charge is 0.265 e. The number of Topliss-reactive ketones (excluding diaryl/α,β-unsaturated/α-hetero) is 1. The first-order valence-corrected chi connectivity index (χ1v) is 10.2. The van der Waals surface area contributed by atoms with Crippen molar-refractivity contribution in [2.45, 2.75) is 6.54 Å². The van der Waals surface area contributed by atoms with Crippen molar-refractivity contribution in [3.63, 3.8) is 0 Å². The number of nitrogens with one attached hydrogen (secondary N) is 1. The molecular formula is C24H22N2O7. The van der Waals surface area contributed by atoms with E-state index in [0.717, 1.165) is 0 Å². The van der Waals surface area contributed by atoms with Crippen LogP contribution in [0.2, 0.25) is 0 Å². The minimum atomic E-state index is -0.380. The lowest BCUT2D eigenvalue weighted by atomic mass is 10.1. The summed E-state index contributed by atoms with van der Waals surface area (Å²) in [4.78, 5) is 38.8. The third-order valence-electron chi connectivity index (χ3n) is 4.99. The molecule has 0 bridgehead atoms. The highest BCUT2D eigenvalue weighted by atomic mass is 16.5. The molecule has 0 saturated carbocycles. The van der Waals surface area contributed by atoms with Gasteiger partial charge in [0.25, 0.3) is 5.91 Å². The quantitative estimate of drug-likeness (QED) is 0.499. The first-order chi connectivity index (χ1) is 16.0. The Labute approximate surface area is 189 Å². The van der Waals surface area contributed by atoms with Crippen LogP contribution < -0.4 is 24.4 Å². The van der Waals surface area contributed by atoms with Crippen LogP contribution in [0.1, 0.15) is 16.1 Å². The molecule has 1 aliphatic rings. The number of fused-ring (bicyclic) bond motifs is 1. The second-order valence-corrected chi connectivity index (χ2v) is 7.19. The number of hydrogen-bond donors (Lipinski definition) is 1. The van der Waals surface area contributed by atoms with Crippen LogP contribution >= 0.6 is 0 Å². The van der Waals surface area contributed by atoms with Crippen molar-refractivity contribution in [3.05, 3.63) is 72.2 Å². The van der Waals surface area contributed by atoms with Crippen LogP contribution in [-0.4, -0.2) is 44.5 Å². The lowest BCUT2D eigenvalue weighted by Gasteiger charge is -2.29. The summed E-state index contributed by atoms with van der Waals surface area (Å²) >= 11 is 0. The van der Waals surface area contributed by atoms with Crippen LogP contribution in [-0.2, 0) is 16.1 Å². The monoisotopic (exact) mass is 450 g/mol. The van der Waals surface area contributed by atoms with Gasteiger partial charge in [-0.1, -0.05) is 0 Å². The summed E-state index contributed by atoms with van der Waals surface area (Å²) in [6, 6.07) is 15.1. The van der Waals surface area contributed by atoms with Crippen molar-refractivity contribution in [1.29, 1.82) is 0 Å². The molecule has 0 spiro atoms. The molecule has 1 aliphatic heterocycles. The molecule has 0 saturated heterocycles. The van der Waals surface area contributed by atoms with E-state index in [2.05, 4.69) is 5.32 Å². The van der Waals surface area contributed by atoms with E-state index in [9.17, 15) is 14.4 Å². The molecule has 0 radical (unpaired) electrons. The maximum atomic E-state index is 12.7. The highest BCUT2D eigenvalue weighted by molar-refractivity contribution is 6.04. The molecule has 2 amide bonds. The maximum Gasteiger partial charge on any atom is 0.265 e. The van der Waals surface area contributed by atoms with E-state index in [-0.39, 0.29) is 43.9 Å². The third kappa shape index (κ3) is 5.32. The summed E-state index contributed by atoms with van der Waals surface area (Å²) in [5, 5.41) is 2.70. The average molecular weight is 450 g/mol. The SMILES string of the molecule is COc1ccc(OCC(=O)c2ccc3c(c2)N(CC(=O)NCc2ccco2)C(=O)CO3)cc1. The van der Waals surface area contributed by atoms with Gasteiger partial charge < -0.3 is 23.9 Å². The summed E-state index contributed by atoms with van der Waals surface area (Å²) in [6.07, 6.45) is 1.51. The molecule has 4 rings (SSSR count). The Balaban J connectivity index is 1.43. The van der Waals surface area contributed by atoms with Crippen molar-refractivity contribution >= 4 is 23.3 Å². The molecule has 9 nitrogen and oxygen atoms in total. The van der Waals surface area contributed by atoms with Crippen molar-refractivity contribution in [2.24, 2.45) is 0 Å². The third-order valence-corrected chi connectivity index (χ3v) is 4.99. The average Bonchev–Trinajstić information content (AvgIpc) is 3.37. The highest BCUT2D eigenvalue weighted by Gasteiger charge is 2.28. The van der Waals surface area contributed by atoms with E-state index in [0.29, 0.717) is 34.3 Å². The van der Waals surface area contributed by atoms with Crippen molar-refractivity contribution in [3.8, 4) is 17.2 Å². The molecule has 2 heterocycles. The summed E-state index contributed by atoms with van der Waals surface area (Å²) < 4.78 is 21.3. The van der Waals surface area contributed by atoms with Crippen LogP contribution in [0.15, 0.2) is 65.3 Å². The van der Waals surface area contributed by atoms with E-state index < -0.39 is 0 Å². The van der Waals surface area contributed by atoms with Gasteiger partial charge in [0.2, 0.25) is 5.91 Å². The Hall–Kier alpha value is -4.27. The zero-order chi connectivity index (χ0) is 23.2. The van der Waals surface area contributed by atoms with Crippen LogP contribution in [0.4, 0.5) is 5.69 Å². The Kier molecular flexibility index (Phi) is 6.58. The standard InChI is InChI=1S/C24H22N2O7/c1-30-17-5-7-18(8-6-17)32-14-21(27)16-4-9-22-20(11-16)26(24(29)15-33-22)13-23(28)25-12-19-3-2-10-31-19/h2-11H,12-15H2,1H3,(H,25,28). The minimum absolute atomic E-state index is 0.188. The number of rotatable bonds is 9. The topological polar surface area (TPSA) is 107 Å². The van der Waals surface area contributed by atoms with E-state index in [1.807, 2.05) is 0 Å². The first-order valence-electron chi connectivity index (χ1n) is 10.2. The fraction of sp³-hybridized carbons (Fsp3) is 0.208.